The van der Waals surface area contributed by atoms with Gasteiger partial charge in [0.25, 0.3) is 5.91 Å². The fraction of sp³-hybridized carbons (Fsp3) is 0.261. The number of hydrogen-bond acceptors (Lipinski definition) is 2. The van der Waals surface area contributed by atoms with Crippen molar-refractivity contribution >= 4 is 28.8 Å². The van der Waals surface area contributed by atoms with Crippen molar-refractivity contribution in [3.63, 3.8) is 0 Å². The molecule has 1 fully saturated rings. The maximum Gasteiger partial charge on any atom is 0.255 e. The molecule has 0 atom stereocenters. The van der Waals surface area contributed by atoms with Crippen molar-refractivity contribution in [2.45, 2.75) is 26.2 Å². The number of carbonyl (C=O) groups excluding carboxylic acids is 1. The third kappa shape index (κ3) is 3.67. The molecule has 1 amide bonds. The van der Waals surface area contributed by atoms with Crippen LogP contribution in [-0.2, 0) is 0 Å². The molecule has 4 heteroatoms. The SMILES string of the molecule is Cc1c(-c2ccc(Cl)cc2)sc(-c2ccccc2)c1C(=O)N1CCCCC1. The van der Waals surface area contributed by atoms with Crippen LogP contribution in [-0.4, -0.2) is 23.9 Å². The molecular weight excluding hydrogens is 374 g/mol. The molecule has 0 aliphatic carbocycles. The summed E-state index contributed by atoms with van der Waals surface area (Å²) < 4.78 is 0. The van der Waals surface area contributed by atoms with Gasteiger partial charge in [0.2, 0.25) is 0 Å². The number of piperidine rings is 1. The molecule has 0 bridgehead atoms. The van der Waals surface area contributed by atoms with Crippen molar-refractivity contribution in [2.75, 3.05) is 13.1 Å². The summed E-state index contributed by atoms with van der Waals surface area (Å²) in [7, 11) is 0. The molecule has 2 aromatic carbocycles. The van der Waals surface area contributed by atoms with Gasteiger partial charge in [-0.25, -0.2) is 0 Å². The quantitative estimate of drug-likeness (QED) is 0.484. The van der Waals surface area contributed by atoms with Gasteiger partial charge in [-0.3, -0.25) is 4.79 Å². The van der Waals surface area contributed by atoms with Gasteiger partial charge in [-0.2, -0.15) is 0 Å². The first-order valence-corrected chi connectivity index (χ1v) is 10.6. The average molecular weight is 396 g/mol. The lowest BCUT2D eigenvalue weighted by atomic mass is 10.0. The molecule has 3 aromatic rings. The van der Waals surface area contributed by atoms with E-state index >= 15 is 0 Å². The van der Waals surface area contributed by atoms with E-state index in [1.165, 1.54) is 6.42 Å². The third-order valence-corrected chi connectivity index (χ3v) is 6.79. The predicted molar refractivity (Wildman–Crippen MR) is 115 cm³/mol. The van der Waals surface area contributed by atoms with Crippen LogP contribution in [0, 0.1) is 6.92 Å². The van der Waals surface area contributed by atoms with Crippen LogP contribution in [0.15, 0.2) is 54.6 Å². The molecule has 4 rings (SSSR count). The van der Waals surface area contributed by atoms with E-state index in [9.17, 15) is 4.79 Å². The van der Waals surface area contributed by atoms with Gasteiger partial charge < -0.3 is 4.90 Å². The molecular formula is C23H22ClNOS. The van der Waals surface area contributed by atoms with Crippen LogP contribution in [0.3, 0.4) is 0 Å². The normalized spacial score (nSPS) is 14.4. The molecule has 0 radical (unpaired) electrons. The van der Waals surface area contributed by atoms with E-state index in [0.717, 1.165) is 63.0 Å². The van der Waals surface area contributed by atoms with Gasteiger partial charge in [-0.05, 0) is 55.0 Å². The van der Waals surface area contributed by atoms with Gasteiger partial charge in [0.05, 0.1) is 5.56 Å². The zero-order chi connectivity index (χ0) is 18.8. The summed E-state index contributed by atoms with van der Waals surface area (Å²) in [5.74, 6) is 0.169. The van der Waals surface area contributed by atoms with Crippen LogP contribution < -0.4 is 0 Å². The highest BCUT2D eigenvalue weighted by atomic mass is 35.5. The molecule has 2 nitrogen and oxygen atoms in total. The number of carbonyl (C=O) groups is 1. The minimum Gasteiger partial charge on any atom is -0.339 e. The zero-order valence-electron chi connectivity index (χ0n) is 15.4. The molecule has 1 aliphatic rings. The lowest BCUT2D eigenvalue weighted by Gasteiger charge is -2.27. The third-order valence-electron chi connectivity index (χ3n) is 5.15. The Kier molecular flexibility index (Phi) is 5.33. The molecule has 27 heavy (non-hydrogen) atoms. The molecule has 0 spiro atoms. The Morgan fingerprint density at radius 3 is 2.19 bits per heavy atom. The van der Waals surface area contributed by atoms with E-state index in [-0.39, 0.29) is 5.91 Å². The number of thiophene rings is 1. The van der Waals surface area contributed by atoms with Crippen molar-refractivity contribution in [1.29, 1.82) is 0 Å². The number of hydrogen-bond donors (Lipinski definition) is 0. The van der Waals surface area contributed by atoms with E-state index in [4.69, 9.17) is 11.6 Å². The van der Waals surface area contributed by atoms with Gasteiger partial charge in [0.1, 0.15) is 0 Å². The highest BCUT2D eigenvalue weighted by Crippen LogP contribution is 2.42. The lowest BCUT2D eigenvalue weighted by molar-refractivity contribution is 0.0725. The largest absolute Gasteiger partial charge is 0.339 e. The molecule has 0 saturated carbocycles. The number of halogens is 1. The Hall–Kier alpha value is -2.10. The fourth-order valence-corrected chi connectivity index (χ4v) is 5.13. The Bertz CT molecular complexity index is 941. The van der Waals surface area contributed by atoms with Crippen LogP contribution in [0.5, 0.6) is 0 Å². The first kappa shape index (κ1) is 18.3. The molecule has 138 valence electrons. The van der Waals surface area contributed by atoms with Gasteiger partial charge in [0.15, 0.2) is 0 Å². The molecule has 1 aromatic heterocycles. The summed E-state index contributed by atoms with van der Waals surface area (Å²) in [4.78, 5) is 17.7. The van der Waals surface area contributed by atoms with Crippen LogP contribution in [0.2, 0.25) is 5.02 Å². The Morgan fingerprint density at radius 1 is 0.889 bits per heavy atom. The monoisotopic (exact) mass is 395 g/mol. The second kappa shape index (κ2) is 7.87. The second-order valence-corrected chi connectivity index (χ2v) is 8.44. The smallest absolute Gasteiger partial charge is 0.255 e. The highest BCUT2D eigenvalue weighted by Gasteiger charge is 2.27. The summed E-state index contributed by atoms with van der Waals surface area (Å²) >= 11 is 7.77. The minimum absolute atomic E-state index is 0.169. The van der Waals surface area contributed by atoms with E-state index < -0.39 is 0 Å². The van der Waals surface area contributed by atoms with Gasteiger partial charge in [-0.1, -0.05) is 54.1 Å². The highest BCUT2D eigenvalue weighted by molar-refractivity contribution is 7.19. The van der Waals surface area contributed by atoms with Gasteiger partial charge >= 0.3 is 0 Å². The van der Waals surface area contributed by atoms with Gasteiger partial charge in [0, 0.05) is 27.9 Å². The fourth-order valence-electron chi connectivity index (χ4n) is 3.70. The van der Waals surface area contributed by atoms with Crippen molar-refractivity contribution < 1.29 is 4.79 Å². The molecule has 0 unspecified atom stereocenters. The minimum atomic E-state index is 0.169. The summed E-state index contributed by atoms with van der Waals surface area (Å²) in [5.41, 5.74) is 4.14. The van der Waals surface area contributed by atoms with Crippen LogP contribution >= 0.6 is 22.9 Å². The molecule has 0 N–H and O–H groups in total. The zero-order valence-corrected chi connectivity index (χ0v) is 16.9. The summed E-state index contributed by atoms with van der Waals surface area (Å²) in [6.45, 7) is 3.79. The Balaban J connectivity index is 1.84. The standard InChI is InChI=1S/C23H22ClNOS/c1-16-20(23(26)25-14-6-3-7-15-25)22(17-8-4-2-5-9-17)27-21(16)18-10-12-19(24)13-11-18/h2,4-5,8-13H,3,6-7,14-15H2,1H3. The summed E-state index contributed by atoms with van der Waals surface area (Å²) in [5, 5.41) is 0.723. The van der Waals surface area contributed by atoms with E-state index in [1.807, 2.05) is 47.4 Å². The second-order valence-electron chi connectivity index (χ2n) is 6.99. The molecule has 2 heterocycles. The van der Waals surface area contributed by atoms with Crippen LogP contribution in [0.25, 0.3) is 20.9 Å². The average Bonchev–Trinajstić information content (AvgIpc) is 3.06. The maximum absolute atomic E-state index is 13.4. The van der Waals surface area contributed by atoms with Crippen LogP contribution in [0.1, 0.15) is 35.2 Å². The lowest BCUT2D eigenvalue weighted by Crippen LogP contribution is -2.36. The van der Waals surface area contributed by atoms with Crippen LogP contribution in [0.4, 0.5) is 0 Å². The van der Waals surface area contributed by atoms with E-state index in [0.29, 0.717) is 0 Å². The predicted octanol–water partition coefficient (Wildman–Crippen LogP) is 6.67. The Morgan fingerprint density at radius 2 is 1.52 bits per heavy atom. The van der Waals surface area contributed by atoms with Crippen molar-refractivity contribution in [1.82, 2.24) is 4.90 Å². The van der Waals surface area contributed by atoms with Crippen molar-refractivity contribution in [2.24, 2.45) is 0 Å². The molecule has 1 saturated heterocycles. The summed E-state index contributed by atoms with van der Waals surface area (Å²) in [6.07, 6.45) is 3.41. The number of amides is 1. The number of nitrogens with zero attached hydrogens (tertiary/aromatic N) is 1. The van der Waals surface area contributed by atoms with E-state index in [1.54, 1.807) is 11.3 Å². The van der Waals surface area contributed by atoms with Crippen molar-refractivity contribution in [3.8, 4) is 20.9 Å². The van der Waals surface area contributed by atoms with E-state index in [2.05, 4.69) is 19.1 Å². The van der Waals surface area contributed by atoms with Gasteiger partial charge in [-0.15, -0.1) is 11.3 Å². The number of likely N-dealkylation sites (tertiary alicyclic amines) is 1. The summed E-state index contributed by atoms with van der Waals surface area (Å²) in [6, 6.07) is 18.1. The topological polar surface area (TPSA) is 20.3 Å². The first-order chi connectivity index (χ1) is 13.1. The Labute approximate surface area is 169 Å². The number of rotatable bonds is 3. The first-order valence-electron chi connectivity index (χ1n) is 9.39. The maximum atomic E-state index is 13.4. The number of benzene rings is 2. The molecule has 1 aliphatic heterocycles. The van der Waals surface area contributed by atoms with Crippen molar-refractivity contribution in [3.05, 3.63) is 70.7 Å².